The van der Waals surface area contributed by atoms with Gasteiger partial charge in [-0.25, -0.2) is 0 Å². The molecule has 0 aliphatic heterocycles. The number of carbonyl (C=O) groups excluding carboxylic acids is 2. The third-order valence-electron chi connectivity index (χ3n) is 4.46. The number of hydrogen-bond acceptors (Lipinski definition) is 3. The van der Waals surface area contributed by atoms with Crippen LogP contribution < -0.4 is 10.6 Å². The monoisotopic (exact) mass is 375 g/mol. The summed E-state index contributed by atoms with van der Waals surface area (Å²) in [7, 11) is 0. The minimum absolute atomic E-state index is 0.00251. The van der Waals surface area contributed by atoms with Crippen molar-refractivity contribution in [2.75, 3.05) is 31.5 Å². The van der Waals surface area contributed by atoms with E-state index in [-0.39, 0.29) is 18.4 Å². The van der Waals surface area contributed by atoms with Gasteiger partial charge in [-0.2, -0.15) is 0 Å². The molecule has 0 bridgehead atoms. The van der Waals surface area contributed by atoms with E-state index >= 15 is 0 Å². The van der Waals surface area contributed by atoms with E-state index in [9.17, 15) is 9.59 Å². The molecule has 0 unspecified atom stereocenters. The lowest BCUT2D eigenvalue weighted by Gasteiger charge is -2.21. The van der Waals surface area contributed by atoms with E-state index in [1.807, 2.05) is 29.2 Å². The van der Waals surface area contributed by atoms with E-state index in [0.717, 1.165) is 44.6 Å². The van der Waals surface area contributed by atoms with Gasteiger partial charge in [0.1, 0.15) is 0 Å². The highest BCUT2D eigenvalue weighted by atomic mass is 16.2. The Morgan fingerprint density at radius 2 is 1.48 bits per heavy atom. The first-order chi connectivity index (χ1) is 13.1. The number of nitrogens with one attached hydrogen (secondary N) is 2. The highest BCUT2D eigenvalue weighted by Gasteiger charge is 2.13. The molecule has 0 fully saturated rings. The van der Waals surface area contributed by atoms with Gasteiger partial charge in [0.15, 0.2) is 0 Å². The molecule has 2 amide bonds. The van der Waals surface area contributed by atoms with Crippen LogP contribution in [-0.4, -0.2) is 42.9 Å². The van der Waals surface area contributed by atoms with Crippen LogP contribution in [0.15, 0.2) is 24.3 Å². The molecule has 5 heteroatoms. The highest BCUT2D eigenvalue weighted by Crippen LogP contribution is 2.12. The van der Waals surface area contributed by atoms with Gasteiger partial charge >= 0.3 is 0 Å². The number of amides is 2. The number of anilines is 1. The van der Waals surface area contributed by atoms with Crippen LogP contribution in [0.25, 0.3) is 0 Å². The van der Waals surface area contributed by atoms with Gasteiger partial charge < -0.3 is 15.5 Å². The number of benzene rings is 1. The summed E-state index contributed by atoms with van der Waals surface area (Å²) in [5.41, 5.74) is 1.54. The second-order valence-corrected chi connectivity index (χ2v) is 6.99. The summed E-state index contributed by atoms with van der Waals surface area (Å²) in [5.74, 6) is 0.0776. The Labute approximate surface area is 164 Å². The topological polar surface area (TPSA) is 61.4 Å². The molecule has 152 valence electrons. The predicted molar refractivity (Wildman–Crippen MR) is 113 cm³/mol. The van der Waals surface area contributed by atoms with E-state index in [4.69, 9.17) is 0 Å². The summed E-state index contributed by atoms with van der Waals surface area (Å²) < 4.78 is 0. The minimum atomic E-state index is 0.00251. The van der Waals surface area contributed by atoms with Gasteiger partial charge in [-0.3, -0.25) is 9.59 Å². The fourth-order valence-corrected chi connectivity index (χ4v) is 2.97. The fourth-order valence-electron chi connectivity index (χ4n) is 2.97. The summed E-state index contributed by atoms with van der Waals surface area (Å²) in [6.07, 6.45) is 7.86. The van der Waals surface area contributed by atoms with Crippen LogP contribution in [0.4, 0.5) is 5.69 Å². The number of carbonyl (C=O) groups is 2. The molecule has 1 aromatic carbocycles. The van der Waals surface area contributed by atoms with Crippen LogP contribution in [0, 0.1) is 0 Å². The van der Waals surface area contributed by atoms with Crippen molar-refractivity contribution < 1.29 is 9.59 Å². The maximum atomic E-state index is 12.6. The van der Waals surface area contributed by atoms with Crippen molar-refractivity contribution in [3.63, 3.8) is 0 Å². The second-order valence-electron chi connectivity index (χ2n) is 6.99. The quantitative estimate of drug-likeness (QED) is 0.472. The third kappa shape index (κ3) is 9.45. The van der Waals surface area contributed by atoms with Crippen LogP contribution >= 0.6 is 0 Å². The zero-order valence-electron chi connectivity index (χ0n) is 17.4. The number of unbranched alkanes of at least 4 members (excludes halogenated alkanes) is 4. The highest BCUT2D eigenvalue weighted by molar-refractivity contribution is 5.94. The lowest BCUT2D eigenvalue weighted by Crippen LogP contribution is -2.32. The molecule has 1 aromatic rings. The molecule has 0 saturated heterocycles. The largest absolute Gasteiger partial charge is 0.376 e. The lowest BCUT2D eigenvalue weighted by atomic mass is 10.1. The molecule has 0 aromatic heterocycles. The molecule has 0 atom stereocenters. The number of rotatable bonds is 14. The van der Waals surface area contributed by atoms with Crippen LogP contribution in [0.5, 0.6) is 0 Å². The van der Waals surface area contributed by atoms with E-state index in [1.165, 1.54) is 25.7 Å². The van der Waals surface area contributed by atoms with Crippen LogP contribution in [0.3, 0.4) is 0 Å². The summed E-state index contributed by atoms with van der Waals surface area (Å²) in [5, 5.41) is 6.05. The van der Waals surface area contributed by atoms with Crippen LogP contribution in [-0.2, 0) is 4.79 Å². The molecule has 0 radical (unpaired) electrons. The second kappa shape index (κ2) is 14.1. The van der Waals surface area contributed by atoms with Crippen molar-refractivity contribution in [2.45, 2.75) is 65.7 Å². The van der Waals surface area contributed by atoms with Crippen molar-refractivity contribution in [1.82, 2.24) is 10.2 Å². The van der Waals surface area contributed by atoms with Crippen molar-refractivity contribution in [2.24, 2.45) is 0 Å². The molecule has 0 saturated carbocycles. The molecule has 1 rings (SSSR count). The molecule has 0 spiro atoms. The Bertz CT molecular complexity index is 537. The first-order valence-electron chi connectivity index (χ1n) is 10.5. The van der Waals surface area contributed by atoms with Crippen molar-refractivity contribution in [3.05, 3.63) is 29.8 Å². The summed E-state index contributed by atoms with van der Waals surface area (Å²) >= 11 is 0. The molecule has 0 aliphatic rings. The Hall–Kier alpha value is -2.04. The zero-order chi connectivity index (χ0) is 19.9. The van der Waals surface area contributed by atoms with Gasteiger partial charge in [0.05, 0.1) is 6.54 Å². The average Bonchev–Trinajstić information content (AvgIpc) is 2.68. The first-order valence-corrected chi connectivity index (χ1v) is 10.5. The van der Waals surface area contributed by atoms with Gasteiger partial charge in [-0.05, 0) is 43.5 Å². The van der Waals surface area contributed by atoms with E-state index in [2.05, 4.69) is 31.4 Å². The molecular formula is C22H37N3O2. The fraction of sp³-hybridized carbons (Fsp3) is 0.636. The molecule has 2 N–H and O–H groups in total. The maximum absolute atomic E-state index is 12.6. The third-order valence-corrected chi connectivity index (χ3v) is 4.46. The van der Waals surface area contributed by atoms with Crippen molar-refractivity contribution in [3.8, 4) is 0 Å². The Kier molecular flexibility index (Phi) is 12.0. The Morgan fingerprint density at radius 1 is 0.852 bits per heavy atom. The van der Waals surface area contributed by atoms with E-state index in [0.29, 0.717) is 5.56 Å². The summed E-state index contributed by atoms with van der Waals surface area (Å²) in [6.45, 7) is 8.92. The molecular weight excluding hydrogens is 338 g/mol. The standard InChI is InChI=1S/C22H37N3O2/c1-4-7-8-9-10-15-23-21(26)18-24-20-13-11-19(12-14-20)22(27)25(16-5-2)17-6-3/h11-14,24H,4-10,15-18H2,1-3H3,(H,23,26). The SMILES string of the molecule is CCCCCCCNC(=O)CNc1ccc(C(=O)N(CCC)CCC)cc1. The van der Waals surface area contributed by atoms with Gasteiger partial charge in [0.25, 0.3) is 5.91 Å². The Balaban J connectivity index is 2.37. The first kappa shape index (κ1) is 23.0. The van der Waals surface area contributed by atoms with Crippen LogP contribution in [0.1, 0.15) is 76.1 Å². The number of nitrogens with zero attached hydrogens (tertiary/aromatic N) is 1. The number of hydrogen-bond donors (Lipinski definition) is 2. The summed E-state index contributed by atoms with van der Waals surface area (Å²) in [4.78, 5) is 26.3. The predicted octanol–water partition coefficient (Wildman–Crippen LogP) is 4.45. The van der Waals surface area contributed by atoms with Crippen molar-refractivity contribution in [1.29, 1.82) is 0 Å². The van der Waals surface area contributed by atoms with Crippen molar-refractivity contribution >= 4 is 17.5 Å². The van der Waals surface area contributed by atoms with Gasteiger partial charge in [0.2, 0.25) is 5.91 Å². The Morgan fingerprint density at radius 3 is 2.07 bits per heavy atom. The molecule has 5 nitrogen and oxygen atoms in total. The van der Waals surface area contributed by atoms with E-state index < -0.39 is 0 Å². The minimum Gasteiger partial charge on any atom is -0.376 e. The average molecular weight is 376 g/mol. The smallest absolute Gasteiger partial charge is 0.253 e. The molecule has 0 aliphatic carbocycles. The van der Waals surface area contributed by atoms with Gasteiger partial charge in [-0.1, -0.05) is 46.5 Å². The van der Waals surface area contributed by atoms with Crippen LogP contribution in [0.2, 0.25) is 0 Å². The van der Waals surface area contributed by atoms with Gasteiger partial charge in [-0.15, -0.1) is 0 Å². The molecule has 27 heavy (non-hydrogen) atoms. The normalized spacial score (nSPS) is 10.5. The molecule has 0 heterocycles. The lowest BCUT2D eigenvalue weighted by molar-refractivity contribution is -0.119. The van der Waals surface area contributed by atoms with E-state index in [1.54, 1.807) is 0 Å². The maximum Gasteiger partial charge on any atom is 0.253 e. The zero-order valence-corrected chi connectivity index (χ0v) is 17.4. The van der Waals surface area contributed by atoms with Gasteiger partial charge in [0, 0.05) is 30.9 Å². The summed E-state index contributed by atoms with van der Waals surface area (Å²) in [6, 6.07) is 7.38.